The van der Waals surface area contributed by atoms with E-state index in [0.717, 1.165) is 32.5 Å². The van der Waals surface area contributed by atoms with E-state index in [1.165, 1.54) is 5.56 Å². The first-order chi connectivity index (χ1) is 9.66. The average Bonchev–Trinajstić information content (AvgIpc) is 2.48. The molecule has 0 atom stereocenters. The molecule has 1 aliphatic heterocycles. The van der Waals surface area contributed by atoms with Gasteiger partial charge in [-0.05, 0) is 38.5 Å². The minimum atomic E-state index is 0.0641. The molecule has 3 nitrogen and oxygen atoms in total. The molecule has 3 heteroatoms. The van der Waals surface area contributed by atoms with Gasteiger partial charge in [-0.25, -0.2) is 0 Å². The summed E-state index contributed by atoms with van der Waals surface area (Å²) in [6.07, 6.45) is 4.22. The molecule has 1 aromatic carbocycles. The van der Waals surface area contributed by atoms with Gasteiger partial charge in [-0.15, -0.1) is 6.58 Å². The Morgan fingerprint density at radius 3 is 2.60 bits per heavy atom. The van der Waals surface area contributed by atoms with E-state index in [1.807, 2.05) is 6.07 Å². The summed E-state index contributed by atoms with van der Waals surface area (Å²) in [6.45, 7) is 6.48. The van der Waals surface area contributed by atoms with E-state index in [2.05, 4.69) is 48.1 Å². The van der Waals surface area contributed by atoms with Gasteiger partial charge >= 0.3 is 0 Å². The van der Waals surface area contributed by atoms with E-state index in [9.17, 15) is 4.79 Å². The van der Waals surface area contributed by atoms with Gasteiger partial charge in [0.15, 0.2) is 0 Å². The normalized spacial score (nSPS) is 18.4. The predicted molar refractivity (Wildman–Crippen MR) is 82.7 cm³/mol. The largest absolute Gasteiger partial charge is 0.355 e. The third-order valence-electron chi connectivity index (χ3n) is 4.28. The zero-order chi connectivity index (χ0) is 14.4. The number of nitrogens with one attached hydrogen (secondary N) is 1. The molecule has 0 aromatic heterocycles. The van der Waals surface area contributed by atoms with Gasteiger partial charge in [0.2, 0.25) is 5.91 Å². The predicted octanol–water partition coefficient (Wildman–Crippen LogP) is 2.34. The molecule has 0 bridgehead atoms. The molecule has 0 aliphatic carbocycles. The highest BCUT2D eigenvalue weighted by atomic mass is 16.1. The van der Waals surface area contributed by atoms with Crippen molar-refractivity contribution in [2.45, 2.75) is 24.7 Å². The van der Waals surface area contributed by atoms with Crippen LogP contribution in [-0.2, 0) is 10.2 Å². The number of piperidine rings is 1. The molecule has 1 aromatic rings. The molecule has 1 saturated heterocycles. The molecular weight excluding hydrogens is 248 g/mol. The third kappa shape index (κ3) is 3.48. The molecule has 20 heavy (non-hydrogen) atoms. The Kier molecular flexibility index (Phi) is 4.96. The number of nitrogens with zero attached hydrogens (tertiary/aromatic N) is 1. The van der Waals surface area contributed by atoms with Gasteiger partial charge < -0.3 is 10.2 Å². The van der Waals surface area contributed by atoms with Crippen LogP contribution >= 0.6 is 0 Å². The zero-order valence-corrected chi connectivity index (χ0v) is 12.3. The maximum absolute atomic E-state index is 11.7. The van der Waals surface area contributed by atoms with Crippen LogP contribution in [0.3, 0.4) is 0 Å². The van der Waals surface area contributed by atoms with Crippen molar-refractivity contribution in [3.63, 3.8) is 0 Å². The summed E-state index contributed by atoms with van der Waals surface area (Å²) in [5.74, 6) is 0.0641. The molecule has 0 saturated carbocycles. The Morgan fingerprint density at radius 2 is 2.00 bits per heavy atom. The fourth-order valence-electron chi connectivity index (χ4n) is 2.88. The van der Waals surface area contributed by atoms with E-state index in [1.54, 1.807) is 6.08 Å². The number of benzene rings is 1. The van der Waals surface area contributed by atoms with Crippen molar-refractivity contribution in [2.75, 3.05) is 26.7 Å². The van der Waals surface area contributed by atoms with Crippen LogP contribution < -0.4 is 5.32 Å². The Hall–Kier alpha value is -1.61. The first kappa shape index (κ1) is 14.8. The lowest BCUT2D eigenvalue weighted by Crippen LogP contribution is -2.48. The summed E-state index contributed by atoms with van der Waals surface area (Å²) < 4.78 is 0. The Balaban J connectivity index is 2.13. The van der Waals surface area contributed by atoms with E-state index >= 15 is 0 Å². The zero-order valence-electron chi connectivity index (χ0n) is 12.3. The van der Waals surface area contributed by atoms with Crippen molar-refractivity contribution in [3.8, 4) is 0 Å². The van der Waals surface area contributed by atoms with Gasteiger partial charge in [0.05, 0.1) is 0 Å². The summed E-state index contributed by atoms with van der Waals surface area (Å²) >= 11 is 0. The Morgan fingerprint density at radius 1 is 1.35 bits per heavy atom. The highest BCUT2D eigenvalue weighted by Gasteiger charge is 2.35. The number of likely N-dealkylation sites (tertiary alicyclic amines) is 1. The van der Waals surface area contributed by atoms with Gasteiger partial charge in [0.25, 0.3) is 0 Å². The molecule has 1 heterocycles. The molecule has 0 radical (unpaired) electrons. The molecular formula is C17H24N2O. The molecule has 108 valence electrons. The van der Waals surface area contributed by atoms with E-state index in [-0.39, 0.29) is 11.3 Å². The topological polar surface area (TPSA) is 32.3 Å². The van der Waals surface area contributed by atoms with Crippen LogP contribution in [0.4, 0.5) is 0 Å². The number of rotatable bonds is 5. The SMILES string of the molecule is C=CCC(=O)NCC1(c2ccccc2)CCN(C)CC1. The Labute approximate surface area is 121 Å². The second kappa shape index (κ2) is 6.71. The number of amides is 1. The van der Waals surface area contributed by atoms with Crippen molar-refractivity contribution in [1.29, 1.82) is 0 Å². The fourth-order valence-corrected chi connectivity index (χ4v) is 2.88. The standard InChI is InChI=1S/C17H24N2O/c1-3-7-16(20)18-14-17(10-12-19(2)13-11-17)15-8-5-4-6-9-15/h3-6,8-9H,1,7,10-14H2,2H3,(H,18,20). The third-order valence-corrected chi connectivity index (χ3v) is 4.28. The van der Waals surface area contributed by atoms with Gasteiger partial charge in [0.1, 0.15) is 0 Å². The number of hydrogen-bond acceptors (Lipinski definition) is 2. The summed E-state index contributed by atoms with van der Waals surface area (Å²) in [5, 5.41) is 3.08. The highest BCUT2D eigenvalue weighted by Crippen LogP contribution is 2.34. The second-order valence-electron chi connectivity index (χ2n) is 5.72. The number of carbonyl (C=O) groups excluding carboxylic acids is 1. The minimum absolute atomic E-state index is 0.0641. The van der Waals surface area contributed by atoms with Crippen molar-refractivity contribution in [1.82, 2.24) is 10.2 Å². The average molecular weight is 272 g/mol. The van der Waals surface area contributed by atoms with Gasteiger partial charge in [0, 0.05) is 18.4 Å². The van der Waals surface area contributed by atoms with Crippen molar-refractivity contribution in [3.05, 3.63) is 48.6 Å². The summed E-state index contributed by atoms with van der Waals surface area (Å²) in [5.41, 5.74) is 1.41. The number of carbonyl (C=O) groups is 1. The Bertz CT molecular complexity index is 447. The van der Waals surface area contributed by atoms with E-state index < -0.39 is 0 Å². The van der Waals surface area contributed by atoms with Crippen molar-refractivity contribution >= 4 is 5.91 Å². The van der Waals surface area contributed by atoms with Crippen LogP contribution in [0, 0.1) is 0 Å². The van der Waals surface area contributed by atoms with Crippen LogP contribution in [0.1, 0.15) is 24.8 Å². The van der Waals surface area contributed by atoms with Gasteiger partial charge in [-0.2, -0.15) is 0 Å². The molecule has 0 unspecified atom stereocenters. The lowest BCUT2D eigenvalue weighted by atomic mass is 9.72. The van der Waals surface area contributed by atoms with E-state index in [0.29, 0.717) is 6.42 Å². The maximum atomic E-state index is 11.7. The molecule has 1 N–H and O–H groups in total. The van der Waals surface area contributed by atoms with Crippen LogP contribution in [0.15, 0.2) is 43.0 Å². The van der Waals surface area contributed by atoms with Crippen LogP contribution in [0.25, 0.3) is 0 Å². The molecule has 1 aliphatic rings. The van der Waals surface area contributed by atoms with Crippen LogP contribution in [0.2, 0.25) is 0 Å². The first-order valence-corrected chi connectivity index (χ1v) is 7.28. The fraction of sp³-hybridized carbons (Fsp3) is 0.471. The van der Waals surface area contributed by atoms with Gasteiger partial charge in [-0.1, -0.05) is 36.4 Å². The van der Waals surface area contributed by atoms with Crippen molar-refractivity contribution in [2.24, 2.45) is 0 Å². The highest BCUT2D eigenvalue weighted by molar-refractivity contribution is 5.77. The lowest BCUT2D eigenvalue weighted by molar-refractivity contribution is -0.120. The molecule has 0 spiro atoms. The molecule has 1 fully saturated rings. The van der Waals surface area contributed by atoms with Gasteiger partial charge in [-0.3, -0.25) is 4.79 Å². The van der Waals surface area contributed by atoms with Crippen LogP contribution in [-0.4, -0.2) is 37.5 Å². The molecule has 2 rings (SSSR count). The molecule has 1 amide bonds. The quantitative estimate of drug-likeness (QED) is 0.835. The first-order valence-electron chi connectivity index (χ1n) is 7.28. The summed E-state index contributed by atoms with van der Waals surface area (Å²) in [6, 6.07) is 10.6. The lowest BCUT2D eigenvalue weighted by Gasteiger charge is -2.41. The minimum Gasteiger partial charge on any atom is -0.355 e. The second-order valence-corrected chi connectivity index (χ2v) is 5.72. The maximum Gasteiger partial charge on any atom is 0.223 e. The monoisotopic (exact) mass is 272 g/mol. The van der Waals surface area contributed by atoms with Crippen LogP contribution in [0.5, 0.6) is 0 Å². The van der Waals surface area contributed by atoms with Crippen molar-refractivity contribution < 1.29 is 4.79 Å². The number of hydrogen-bond donors (Lipinski definition) is 1. The summed E-state index contributed by atoms with van der Waals surface area (Å²) in [4.78, 5) is 14.1. The summed E-state index contributed by atoms with van der Waals surface area (Å²) in [7, 11) is 2.16. The smallest absolute Gasteiger partial charge is 0.223 e. The van der Waals surface area contributed by atoms with E-state index in [4.69, 9.17) is 0 Å².